The summed E-state index contributed by atoms with van der Waals surface area (Å²) < 4.78 is 0. The van der Waals surface area contributed by atoms with E-state index < -0.39 is 48.3 Å². The van der Waals surface area contributed by atoms with Gasteiger partial charge in [-0.05, 0) is 12.0 Å². The lowest BCUT2D eigenvalue weighted by molar-refractivity contribution is -0.143. The number of H-pyrrole nitrogens is 1. The van der Waals surface area contributed by atoms with E-state index in [1.54, 1.807) is 24.3 Å². The van der Waals surface area contributed by atoms with Crippen molar-refractivity contribution in [3.63, 3.8) is 0 Å². The molecule has 2 amide bonds. The van der Waals surface area contributed by atoms with Gasteiger partial charge >= 0.3 is 11.9 Å². The van der Waals surface area contributed by atoms with Crippen LogP contribution in [0.1, 0.15) is 17.7 Å². The Hall–Kier alpha value is -3.73. The SMILES string of the molecule is N[C@@H](Cc1ccccc1)C(=O)N[C@@H](CC(=O)O)C(=O)N[C@@H](Cc1c[nH]cn1)C(=O)O. The molecule has 1 aromatic carbocycles. The molecule has 0 spiro atoms. The zero-order valence-electron chi connectivity index (χ0n) is 15.9. The van der Waals surface area contributed by atoms with Crippen LogP contribution in [-0.2, 0) is 32.0 Å². The van der Waals surface area contributed by atoms with Gasteiger partial charge < -0.3 is 31.6 Å². The molecule has 11 nitrogen and oxygen atoms in total. The number of carbonyl (C=O) groups excluding carboxylic acids is 2. The quantitative estimate of drug-likeness (QED) is 0.270. The Kier molecular flexibility index (Phi) is 8.06. The highest BCUT2D eigenvalue weighted by Gasteiger charge is 2.30. The summed E-state index contributed by atoms with van der Waals surface area (Å²) >= 11 is 0. The van der Waals surface area contributed by atoms with E-state index in [1.807, 2.05) is 6.07 Å². The van der Waals surface area contributed by atoms with Crippen molar-refractivity contribution in [1.29, 1.82) is 0 Å². The first-order chi connectivity index (χ1) is 14.3. The van der Waals surface area contributed by atoms with Gasteiger partial charge in [0.1, 0.15) is 12.1 Å². The maximum atomic E-state index is 12.5. The smallest absolute Gasteiger partial charge is 0.326 e. The Labute approximate surface area is 171 Å². The van der Waals surface area contributed by atoms with Crippen LogP contribution >= 0.6 is 0 Å². The highest BCUT2D eigenvalue weighted by molar-refractivity contribution is 5.94. The van der Waals surface area contributed by atoms with Gasteiger partial charge in [-0.1, -0.05) is 30.3 Å². The predicted octanol–water partition coefficient (Wildman–Crippen LogP) is -0.949. The third-order valence-electron chi connectivity index (χ3n) is 4.23. The molecule has 30 heavy (non-hydrogen) atoms. The normalized spacial score (nSPS) is 13.6. The average molecular weight is 417 g/mol. The first-order valence-corrected chi connectivity index (χ1v) is 9.08. The number of nitrogens with zero attached hydrogens (tertiary/aromatic N) is 1. The number of carboxylic acid groups (broad SMARTS) is 2. The van der Waals surface area contributed by atoms with Crippen molar-refractivity contribution in [1.82, 2.24) is 20.6 Å². The van der Waals surface area contributed by atoms with Crippen molar-refractivity contribution in [2.75, 3.05) is 0 Å². The maximum absolute atomic E-state index is 12.5. The Morgan fingerprint density at radius 3 is 2.23 bits per heavy atom. The molecule has 7 N–H and O–H groups in total. The molecule has 0 saturated carbocycles. The number of nitrogens with two attached hydrogens (primary N) is 1. The van der Waals surface area contributed by atoms with Crippen LogP contribution in [0.3, 0.4) is 0 Å². The van der Waals surface area contributed by atoms with Crippen LogP contribution in [0, 0.1) is 0 Å². The number of hydrogen-bond acceptors (Lipinski definition) is 6. The lowest BCUT2D eigenvalue weighted by atomic mass is 10.0. The molecule has 2 rings (SSSR count). The molecular weight excluding hydrogens is 394 g/mol. The molecule has 3 atom stereocenters. The van der Waals surface area contributed by atoms with Crippen molar-refractivity contribution >= 4 is 23.8 Å². The second-order valence-electron chi connectivity index (χ2n) is 6.62. The molecule has 2 aromatic rings. The van der Waals surface area contributed by atoms with Gasteiger partial charge in [0.15, 0.2) is 0 Å². The van der Waals surface area contributed by atoms with Gasteiger partial charge in [0.2, 0.25) is 11.8 Å². The number of carboxylic acids is 2. The highest BCUT2D eigenvalue weighted by atomic mass is 16.4. The first-order valence-electron chi connectivity index (χ1n) is 9.08. The van der Waals surface area contributed by atoms with Crippen LogP contribution in [0.4, 0.5) is 0 Å². The van der Waals surface area contributed by atoms with Gasteiger partial charge in [0.25, 0.3) is 0 Å². The van der Waals surface area contributed by atoms with Crippen molar-refractivity contribution in [3.05, 3.63) is 54.1 Å². The monoisotopic (exact) mass is 417 g/mol. The molecular formula is C19H23N5O6. The minimum Gasteiger partial charge on any atom is -0.481 e. The minimum atomic E-state index is -1.49. The number of imidazole rings is 1. The third-order valence-corrected chi connectivity index (χ3v) is 4.23. The zero-order valence-corrected chi connectivity index (χ0v) is 15.9. The van der Waals surface area contributed by atoms with E-state index in [-0.39, 0.29) is 12.8 Å². The van der Waals surface area contributed by atoms with Gasteiger partial charge in [-0.15, -0.1) is 0 Å². The molecule has 0 fully saturated rings. The summed E-state index contributed by atoms with van der Waals surface area (Å²) in [5.41, 5.74) is 7.06. The number of aliphatic carboxylic acids is 2. The number of hydrogen-bond donors (Lipinski definition) is 6. The summed E-state index contributed by atoms with van der Waals surface area (Å²) in [6.45, 7) is 0. The van der Waals surface area contributed by atoms with Crippen molar-refractivity contribution < 1.29 is 29.4 Å². The van der Waals surface area contributed by atoms with Crippen LogP contribution < -0.4 is 16.4 Å². The number of nitrogens with one attached hydrogen (secondary N) is 3. The van der Waals surface area contributed by atoms with Gasteiger partial charge in [-0.3, -0.25) is 14.4 Å². The molecule has 0 bridgehead atoms. The number of carbonyl (C=O) groups is 4. The number of rotatable bonds is 11. The first kappa shape index (κ1) is 22.6. The second-order valence-corrected chi connectivity index (χ2v) is 6.62. The summed E-state index contributed by atoms with van der Waals surface area (Å²) in [6, 6.07) is 5.07. The number of amides is 2. The number of aromatic amines is 1. The van der Waals surface area contributed by atoms with E-state index in [0.717, 1.165) is 5.56 Å². The molecule has 160 valence electrons. The van der Waals surface area contributed by atoms with E-state index in [0.29, 0.717) is 5.69 Å². The van der Waals surface area contributed by atoms with Gasteiger partial charge in [-0.2, -0.15) is 0 Å². The Morgan fingerprint density at radius 1 is 1.00 bits per heavy atom. The fraction of sp³-hybridized carbons (Fsp3) is 0.316. The lowest BCUT2D eigenvalue weighted by Gasteiger charge is -2.21. The summed E-state index contributed by atoms with van der Waals surface area (Å²) in [7, 11) is 0. The molecule has 0 aliphatic rings. The fourth-order valence-corrected chi connectivity index (χ4v) is 2.71. The van der Waals surface area contributed by atoms with Gasteiger partial charge in [-0.25, -0.2) is 9.78 Å². The second kappa shape index (κ2) is 10.7. The predicted molar refractivity (Wildman–Crippen MR) is 104 cm³/mol. The van der Waals surface area contributed by atoms with Crippen LogP contribution in [0.2, 0.25) is 0 Å². The van der Waals surface area contributed by atoms with Crippen molar-refractivity contribution in [2.45, 2.75) is 37.4 Å². The maximum Gasteiger partial charge on any atom is 0.326 e. The van der Waals surface area contributed by atoms with Crippen LogP contribution in [0.15, 0.2) is 42.9 Å². The van der Waals surface area contributed by atoms with Crippen LogP contribution in [0.25, 0.3) is 0 Å². The summed E-state index contributed by atoms with van der Waals surface area (Å²) in [5.74, 6) is -4.33. The topological polar surface area (TPSA) is 187 Å². The number of aromatic nitrogens is 2. The molecule has 1 aromatic heterocycles. The molecule has 0 unspecified atom stereocenters. The summed E-state index contributed by atoms with van der Waals surface area (Å²) in [6.07, 6.45) is 2.17. The van der Waals surface area contributed by atoms with Crippen molar-refractivity contribution in [3.8, 4) is 0 Å². The zero-order chi connectivity index (χ0) is 22.1. The standard InChI is InChI=1S/C19H23N5O6/c20-13(6-11-4-2-1-3-5-11)17(27)23-14(8-16(25)26)18(28)24-15(19(29)30)7-12-9-21-10-22-12/h1-5,9-10,13-15H,6-8,20H2,(H,21,22)(H,23,27)(H,24,28)(H,25,26)(H,29,30)/t13-,14-,15-/m0/s1. The third kappa shape index (κ3) is 7.02. The Balaban J connectivity index is 2.03. The Morgan fingerprint density at radius 2 is 1.67 bits per heavy atom. The van der Waals surface area contributed by atoms with E-state index in [9.17, 15) is 24.3 Å². The van der Waals surface area contributed by atoms with Crippen LogP contribution in [0.5, 0.6) is 0 Å². The lowest BCUT2D eigenvalue weighted by Crippen LogP contribution is -2.55. The van der Waals surface area contributed by atoms with E-state index in [2.05, 4.69) is 20.6 Å². The molecule has 11 heteroatoms. The minimum absolute atomic E-state index is 0.119. The van der Waals surface area contributed by atoms with Gasteiger partial charge in [0, 0.05) is 12.6 Å². The summed E-state index contributed by atoms with van der Waals surface area (Å²) in [4.78, 5) is 54.1. The molecule has 0 aliphatic heterocycles. The molecule has 0 saturated heterocycles. The molecule has 0 radical (unpaired) electrons. The fourth-order valence-electron chi connectivity index (χ4n) is 2.71. The largest absolute Gasteiger partial charge is 0.481 e. The number of benzene rings is 1. The van der Waals surface area contributed by atoms with Gasteiger partial charge in [0.05, 0.1) is 24.5 Å². The van der Waals surface area contributed by atoms with E-state index in [1.165, 1.54) is 12.5 Å². The molecule has 1 heterocycles. The molecule has 0 aliphatic carbocycles. The Bertz CT molecular complexity index is 871. The van der Waals surface area contributed by atoms with E-state index >= 15 is 0 Å². The van der Waals surface area contributed by atoms with Crippen molar-refractivity contribution in [2.24, 2.45) is 5.73 Å². The van der Waals surface area contributed by atoms with Crippen LogP contribution in [-0.4, -0.2) is 62.1 Å². The highest BCUT2D eigenvalue weighted by Crippen LogP contribution is 2.04. The average Bonchev–Trinajstić information content (AvgIpc) is 3.20. The summed E-state index contributed by atoms with van der Waals surface area (Å²) in [5, 5.41) is 23.0. The van der Waals surface area contributed by atoms with E-state index in [4.69, 9.17) is 10.8 Å².